The summed E-state index contributed by atoms with van der Waals surface area (Å²) in [7, 11) is 0. The van der Waals surface area contributed by atoms with E-state index in [4.69, 9.17) is 0 Å². The molecule has 0 saturated heterocycles. The molecule has 0 N–H and O–H groups in total. The Bertz CT molecular complexity index is 337. The lowest BCUT2D eigenvalue weighted by Crippen LogP contribution is -1.86. The first kappa shape index (κ1) is 9.70. The molecule has 0 aliphatic heterocycles. The molecular formula is C7H2F2INS. The van der Waals surface area contributed by atoms with Crippen LogP contribution in [-0.2, 0) is 0 Å². The third kappa shape index (κ3) is 2.06. The number of nitrogens with zero attached hydrogens (tertiary/aromatic N) is 1. The van der Waals surface area contributed by atoms with Gasteiger partial charge in [-0.3, -0.25) is 0 Å². The number of benzene rings is 1. The van der Waals surface area contributed by atoms with Crippen molar-refractivity contribution in [3.05, 3.63) is 27.3 Å². The van der Waals surface area contributed by atoms with Crippen LogP contribution in [0.1, 0.15) is 0 Å². The Hall–Kier alpha value is -0.390. The third-order valence-corrected chi connectivity index (χ3v) is 2.27. The summed E-state index contributed by atoms with van der Waals surface area (Å²) in [5.74, 6) is -1.28. The lowest BCUT2D eigenvalue weighted by Gasteiger charge is -1.96. The van der Waals surface area contributed by atoms with Crippen molar-refractivity contribution in [1.29, 1.82) is 0 Å². The van der Waals surface area contributed by atoms with Gasteiger partial charge >= 0.3 is 0 Å². The number of hydrogen-bond acceptors (Lipinski definition) is 2. The van der Waals surface area contributed by atoms with E-state index >= 15 is 0 Å². The summed E-state index contributed by atoms with van der Waals surface area (Å²) in [4.78, 5) is 3.45. The molecular weight excluding hydrogens is 295 g/mol. The number of thiocarbonyl (C=S) groups is 1. The van der Waals surface area contributed by atoms with Gasteiger partial charge in [-0.1, -0.05) is 0 Å². The topological polar surface area (TPSA) is 12.4 Å². The van der Waals surface area contributed by atoms with Crippen molar-refractivity contribution < 1.29 is 8.78 Å². The van der Waals surface area contributed by atoms with Crippen molar-refractivity contribution in [2.24, 2.45) is 4.99 Å². The highest BCUT2D eigenvalue weighted by molar-refractivity contribution is 14.1. The highest BCUT2D eigenvalue weighted by Crippen LogP contribution is 2.21. The minimum absolute atomic E-state index is 0.0454. The first-order valence-electron chi connectivity index (χ1n) is 2.87. The zero-order chi connectivity index (χ0) is 9.14. The number of aliphatic imine (C=N–C) groups is 1. The zero-order valence-corrected chi connectivity index (χ0v) is 8.62. The summed E-state index contributed by atoms with van der Waals surface area (Å²) in [5, 5.41) is 2.03. The minimum Gasteiger partial charge on any atom is -0.206 e. The second kappa shape index (κ2) is 4.02. The molecule has 0 saturated carbocycles. The molecule has 0 spiro atoms. The molecule has 0 radical (unpaired) electrons. The lowest BCUT2D eigenvalue weighted by molar-refractivity contribution is 0.571. The minimum atomic E-state index is -0.639. The number of halogens is 3. The van der Waals surface area contributed by atoms with Crippen molar-refractivity contribution >= 4 is 45.7 Å². The lowest BCUT2D eigenvalue weighted by atomic mass is 10.3. The van der Waals surface area contributed by atoms with Gasteiger partial charge in [-0.25, -0.2) is 8.78 Å². The molecule has 1 rings (SSSR count). The van der Waals surface area contributed by atoms with Crippen LogP contribution in [0, 0.1) is 15.2 Å². The van der Waals surface area contributed by atoms with Gasteiger partial charge in [-0.05, 0) is 34.8 Å². The summed E-state index contributed by atoms with van der Waals surface area (Å²) >= 11 is 5.87. The molecule has 5 heteroatoms. The van der Waals surface area contributed by atoms with E-state index in [-0.39, 0.29) is 9.26 Å². The summed E-state index contributed by atoms with van der Waals surface area (Å²) in [6, 6.07) is 2.20. The molecule has 1 nitrogen and oxygen atoms in total. The normalized spacial score (nSPS) is 9.25. The number of hydrogen-bond donors (Lipinski definition) is 0. The van der Waals surface area contributed by atoms with Crippen LogP contribution in [0.3, 0.4) is 0 Å². The Labute approximate surface area is 86.6 Å². The quantitative estimate of drug-likeness (QED) is 0.335. The average Bonchev–Trinajstić information content (AvgIpc) is 2.01. The Balaban J connectivity index is 3.30. The van der Waals surface area contributed by atoms with E-state index in [0.717, 1.165) is 12.1 Å². The van der Waals surface area contributed by atoms with Crippen LogP contribution < -0.4 is 0 Å². The maximum atomic E-state index is 12.8. The molecule has 0 aliphatic rings. The summed E-state index contributed by atoms with van der Waals surface area (Å²) < 4.78 is 25.5. The van der Waals surface area contributed by atoms with Gasteiger partial charge in [0.05, 0.1) is 14.4 Å². The van der Waals surface area contributed by atoms with Gasteiger partial charge in [0.25, 0.3) is 0 Å². The van der Waals surface area contributed by atoms with Gasteiger partial charge < -0.3 is 0 Å². The SMILES string of the molecule is Fc1cc(N=C=S)cc(F)c1I. The Morgan fingerprint density at radius 2 is 1.83 bits per heavy atom. The van der Waals surface area contributed by atoms with Gasteiger partial charge in [0.1, 0.15) is 11.6 Å². The highest BCUT2D eigenvalue weighted by atomic mass is 127. The Morgan fingerprint density at radius 3 is 2.25 bits per heavy atom. The van der Waals surface area contributed by atoms with Gasteiger partial charge in [-0.15, -0.1) is 0 Å². The Kier molecular flexibility index (Phi) is 3.25. The fourth-order valence-electron chi connectivity index (χ4n) is 0.659. The smallest absolute Gasteiger partial charge is 0.141 e. The molecule has 62 valence electrons. The third-order valence-electron chi connectivity index (χ3n) is 1.14. The summed E-state index contributed by atoms with van der Waals surface area (Å²) in [6.45, 7) is 0. The van der Waals surface area contributed by atoms with Crippen LogP contribution in [-0.4, -0.2) is 5.16 Å². The molecule has 0 atom stereocenters. The number of rotatable bonds is 1. The van der Waals surface area contributed by atoms with Crippen molar-refractivity contribution in [2.75, 3.05) is 0 Å². The number of isothiocyanates is 1. The molecule has 0 heterocycles. The summed E-state index contributed by atoms with van der Waals surface area (Å²) in [5.41, 5.74) is 0.139. The molecule has 1 aromatic rings. The fraction of sp³-hybridized carbons (Fsp3) is 0. The first-order valence-corrected chi connectivity index (χ1v) is 4.36. The van der Waals surface area contributed by atoms with Crippen LogP contribution in [0.4, 0.5) is 14.5 Å². The van der Waals surface area contributed by atoms with Gasteiger partial charge in [-0.2, -0.15) is 4.99 Å². The molecule has 0 aliphatic carbocycles. The first-order chi connectivity index (χ1) is 5.65. The van der Waals surface area contributed by atoms with Crippen LogP contribution in [0.5, 0.6) is 0 Å². The van der Waals surface area contributed by atoms with Crippen molar-refractivity contribution in [2.45, 2.75) is 0 Å². The predicted molar refractivity (Wildman–Crippen MR) is 53.8 cm³/mol. The van der Waals surface area contributed by atoms with Crippen LogP contribution in [0.2, 0.25) is 0 Å². The molecule has 0 bridgehead atoms. The molecule has 0 amide bonds. The average molecular weight is 297 g/mol. The van der Waals surface area contributed by atoms with Crippen LogP contribution >= 0.6 is 34.8 Å². The standard InChI is InChI=1S/C7H2F2INS/c8-5-1-4(11-3-12)2-6(9)7(5)10/h1-2H. The van der Waals surface area contributed by atoms with Gasteiger partial charge in [0.15, 0.2) is 0 Å². The van der Waals surface area contributed by atoms with E-state index in [1.165, 1.54) is 0 Å². The highest BCUT2D eigenvalue weighted by Gasteiger charge is 2.06. The van der Waals surface area contributed by atoms with E-state index in [0.29, 0.717) is 0 Å². The maximum absolute atomic E-state index is 12.8. The van der Waals surface area contributed by atoms with E-state index in [1.807, 2.05) is 5.16 Å². The fourth-order valence-corrected chi connectivity index (χ4v) is 1.08. The molecule has 0 aromatic heterocycles. The second-order valence-corrected chi connectivity index (χ2v) is 3.19. The molecule has 12 heavy (non-hydrogen) atoms. The zero-order valence-electron chi connectivity index (χ0n) is 5.64. The maximum Gasteiger partial charge on any atom is 0.141 e. The summed E-state index contributed by atoms with van der Waals surface area (Å²) in [6.07, 6.45) is 0. The predicted octanol–water partition coefficient (Wildman–Crippen LogP) is 3.30. The Morgan fingerprint density at radius 1 is 1.33 bits per heavy atom. The second-order valence-electron chi connectivity index (χ2n) is 1.93. The van der Waals surface area contributed by atoms with Crippen molar-refractivity contribution in [3.63, 3.8) is 0 Å². The molecule has 0 unspecified atom stereocenters. The monoisotopic (exact) mass is 297 g/mol. The van der Waals surface area contributed by atoms with Gasteiger partial charge in [0, 0.05) is 12.1 Å². The van der Waals surface area contributed by atoms with Crippen molar-refractivity contribution in [1.82, 2.24) is 0 Å². The van der Waals surface area contributed by atoms with E-state index in [1.54, 1.807) is 22.6 Å². The van der Waals surface area contributed by atoms with Crippen LogP contribution in [0.25, 0.3) is 0 Å². The molecule has 1 aromatic carbocycles. The van der Waals surface area contributed by atoms with Crippen LogP contribution in [0.15, 0.2) is 17.1 Å². The van der Waals surface area contributed by atoms with E-state index in [9.17, 15) is 8.78 Å². The van der Waals surface area contributed by atoms with E-state index in [2.05, 4.69) is 17.2 Å². The largest absolute Gasteiger partial charge is 0.206 e. The van der Waals surface area contributed by atoms with Crippen molar-refractivity contribution in [3.8, 4) is 0 Å². The van der Waals surface area contributed by atoms with E-state index < -0.39 is 11.6 Å². The van der Waals surface area contributed by atoms with Gasteiger partial charge in [0.2, 0.25) is 0 Å². The molecule has 0 fully saturated rings.